The van der Waals surface area contributed by atoms with Gasteiger partial charge >= 0.3 is 0 Å². The van der Waals surface area contributed by atoms with E-state index >= 15 is 0 Å². The average Bonchev–Trinajstić information content (AvgIpc) is 2.37. The molecule has 0 amide bonds. The summed E-state index contributed by atoms with van der Waals surface area (Å²) in [4.78, 5) is 3.92. The minimum atomic E-state index is -0.951. The quantitative estimate of drug-likeness (QED) is 0.285. The number of aryl methyl sites for hydroxylation is 1. The van der Waals surface area contributed by atoms with Crippen LogP contribution in [0.3, 0.4) is 0 Å². The Morgan fingerprint density at radius 3 is 2.62 bits per heavy atom. The number of nitrogens with one attached hydrogen (secondary N) is 1. The molecule has 6 heteroatoms. The molecule has 0 atom stereocenters. The summed E-state index contributed by atoms with van der Waals surface area (Å²) in [6, 6.07) is 1.53. The van der Waals surface area contributed by atoms with Gasteiger partial charge in [-0.15, -0.1) is 0 Å². The molecule has 3 N–H and O–H groups in total. The number of rotatable bonds is 5. The highest BCUT2D eigenvalue weighted by Crippen LogP contribution is 2.21. The number of halogens is 2. The van der Waals surface area contributed by atoms with Crippen LogP contribution in [0.15, 0.2) is 53.6 Å². The fourth-order valence-electron chi connectivity index (χ4n) is 1.39. The Labute approximate surface area is 122 Å². The number of hydrogen-bond donors (Lipinski definition) is 2. The number of allylic oxidation sites excluding steroid dienone is 3. The Morgan fingerprint density at radius 1 is 1.48 bits per heavy atom. The number of hydrazine groups is 1. The fourth-order valence-corrected chi connectivity index (χ4v) is 1.39. The molecular weight excluding hydrogens is 276 g/mol. The van der Waals surface area contributed by atoms with Gasteiger partial charge in [-0.05, 0) is 38.1 Å². The maximum Gasteiger partial charge on any atom is 0.220 e. The topological polar surface area (TPSA) is 60.2 Å². The van der Waals surface area contributed by atoms with Crippen LogP contribution in [0, 0.1) is 6.92 Å². The number of aromatic nitrogens is 1. The highest BCUT2D eigenvalue weighted by atomic mass is 19.1. The van der Waals surface area contributed by atoms with Gasteiger partial charge in [-0.3, -0.25) is 5.84 Å². The van der Waals surface area contributed by atoms with Crippen LogP contribution in [0.25, 0.3) is 0 Å². The summed E-state index contributed by atoms with van der Waals surface area (Å²) >= 11 is 0. The van der Waals surface area contributed by atoms with Crippen molar-refractivity contribution in [2.24, 2.45) is 5.84 Å². The Bertz CT molecular complexity index is 640. The van der Waals surface area contributed by atoms with Gasteiger partial charge in [0.05, 0.1) is 11.9 Å². The molecule has 1 heterocycles. The van der Waals surface area contributed by atoms with E-state index in [0.29, 0.717) is 11.3 Å². The van der Waals surface area contributed by atoms with Crippen LogP contribution in [-0.4, -0.2) is 4.98 Å². The van der Waals surface area contributed by atoms with Gasteiger partial charge in [0, 0.05) is 6.07 Å². The first-order valence-electron chi connectivity index (χ1n) is 6.10. The van der Waals surface area contributed by atoms with Gasteiger partial charge in [-0.25, -0.2) is 9.37 Å². The number of pyridine rings is 1. The summed E-state index contributed by atoms with van der Waals surface area (Å²) in [6.45, 7) is 8.26. The fraction of sp³-hybridized carbons (Fsp3) is 0.200. The van der Waals surface area contributed by atoms with Crippen LogP contribution >= 0.6 is 0 Å². The third-order valence-corrected chi connectivity index (χ3v) is 2.34. The molecule has 1 aromatic heterocycles. The monoisotopic (exact) mass is 293 g/mol. The highest BCUT2D eigenvalue weighted by molar-refractivity contribution is 5.49. The highest BCUT2D eigenvalue weighted by Gasteiger charge is 2.08. The Kier molecular flexibility index (Phi) is 5.84. The maximum atomic E-state index is 13.5. The van der Waals surface area contributed by atoms with Crippen molar-refractivity contribution in [3.05, 3.63) is 59.2 Å². The van der Waals surface area contributed by atoms with E-state index < -0.39 is 17.4 Å². The minimum absolute atomic E-state index is 0.0813. The molecule has 0 fully saturated rings. The van der Waals surface area contributed by atoms with E-state index in [1.54, 1.807) is 20.8 Å². The van der Waals surface area contributed by atoms with Crippen LogP contribution < -0.4 is 16.0 Å². The summed E-state index contributed by atoms with van der Waals surface area (Å²) < 4.78 is 32.0. The van der Waals surface area contributed by atoms with Crippen molar-refractivity contribution in [2.75, 3.05) is 5.43 Å². The van der Waals surface area contributed by atoms with Gasteiger partial charge in [0.2, 0.25) is 11.6 Å². The number of anilines is 1. The van der Waals surface area contributed by atoms with E-state index in [1.807, 2.05) is 0 Å². The van der Waals surface area contributed by atoms with E-state index in [4.69, 9.17) is 10.6 Å². The molecule has 112 valence electrons. The smallest absolute Gasteiger partial charge is 0.220 e. The van der Waals surface area contributed by atoms with E-state index in [1.165, 1.54) is 18.3 Å². The number of nitrogen functional groups attached to an aromatic ring is 1. The molecule has 1 rings (SSSR count). The van der Waals surface area contributed by atoms with E-state index in [0.717, 1.165) is 5.56 Å². The van der Waals surface area contributed by atoms with Crippen molar-refractivity contribution in [1.29, 1.82) is 0 Å². The molecule has 0 unspecified atom stereocenters. The van der Waals surface area contributed by atoms with Crippen LogP contribution in [0.1, 0.15) is 19.4 Å². The SMILES string of the molecule is C=C(F)C(=C=C(F)C=C(C)C)Oc1cc(C)c(NN)cn1. The summed E-state index contributed by atoms with van der Waals surface area (Å²) in [6.07, 6.45) is 2.62. The van der Waals surface area contributed by atoms with Gasteiger partial charge in [0.1, 0.15) is 0 Å². The van der Waals surface area contributed by atoms with Gasteiger partial charge in [-0.1, -0.05) is 12.2 Å². The normalized spacial score (nSPS) is 9.43. The molecule has 0 aliphatic rings. The average molecular weight is 293 g/mol. The van der Waals surface area contributed by atoms with Crippen LogP contribution in [0.4, 0.5) is 14.5 Å². The number of hydrogen-bond acceptors (Lipinski definition) is 4. The van der Waals surface area contributed by atoms with Gasteiger partial charge < -0.3 is 10.2 Å². The first kappa shape index (κ1) is 16.6. The first-order chi connectivity index (χ1) is 9.83. The lowest BCUT2D eigenvalue weighted by molar-refractivity contribution is 0.390. The van der Waals surface area contributed by atoms with Crippen molar-refractivity contribution >= 4 is 5.69 Å². The molecule has 0 saturated carbocycles. The molecule has 0 bridgehead atoms. The predicted molar refractivity (Wildman–Crippen MR) is 78.7 cm³/mol. The summed E-state index contributed by atoms with van der Waals surface area (Å²) in [5.74, 6) is 3.18. The van der Waals surface area contributed by atoms with Crippen molar-refractivity contribution in [2.45, 2.75) is 20.8 Å². The molecule has 0 aliphatic carbocycles. The molecule has 0 aliphatic heterocycles. The second-order valence-corrected chi connectivity index (χ2v) is 4.51. The summed E-state index contributed by atoms with van der Waals surface area (Å²) in [7, 11) is 0. The van der Waals surface area contributed by atoms with Gasteiger partial charge in [0.25, 0.3) is 0 Å². The van der Waals surface area contributed by atoms with Crippen molar-refractivity contribution in [3.63, 3.8) is 0 Å². The van der Waals surface area contributed by atoms with Crippen LogP contribution in [0.5, 0.6) is 5.88 Å². The molecule has 1 aromatic rings. The number of ether oxygens (including phenoxy) is 1. The zero-order chi connectivity index (χ0) is 16.0. The third-order valence-electron chi connectivity index (χ3n) is 2.34. The Morgan fingerprint density at radius 2 is 2.14 bits per heavy atom. The van der Waals surface area contributed by atoms with Gasteiger partial charge in [0.15, 0.2) is 11.7 Å². The Hall–Kier alpha value is -2.43. The lowest BCUT2D eigenvalue weighted by Crippen LogP contribution is -2.09. The zero-order valence-electron chi connectivity index (χ0n) is 12.1. The molecule has 0 radical (unpaired) electrons. The van der Waals surface area contributed by atoms with E-state index in [9.17, 15) is 8.78 Å². The zero-order valence-corrected chi connectivity index (χ0v) is 12.1. The molecular formula is C15H17F2N3O. The second kappa shape index (κ2) is 7.38. The summed E-state index contributed by atoms with van der Waals surface area (Å²) in [5.41, 5.74) is 6.64. The molecule has 21 heavy (non-hydrogen) atoms. The number of nitrogens with zero attached hydrogens (tertiary/aromatic N) is 1. The Balaban J connectivity index is 3.16. The largest absolute Gasteiger partial charge is 0.428 e. The van der Waals surface area contributed by atoms with Crippen LogP contribution in [-0.2, 0) is 0 Å². The standard InChI is InChI=1S/C15H17F2N3O/c1-9(2)5-12(17)7-14(11(4)16)21-15-6-10(3)13(20-18)8-19-15/h5-6,8,20H,4,18H2,1-3H3. The minimum Gasteiger partial charge on any atom is -0.428 e. The van der Waals surface area contributed by atoms with Gasteiger partial charge in [-0.2, -0.15) is 4.39 Å². The molecule has 0 saturated heterocycles. The predicted octanol–water partition coefficient (Wildman–Crippen LogP) is 3.84. The summed E-state index contributed by atoms with van der Waals surface area (Å²) in [5, 5.41) is 0. The lowest BCUT2D eigenvalue weighted by Gasteiger charge is -2.08. The maximum absolute atomic E-state index is 13.5. The first-order valence-corrected chi connectivity index (χ1v) is 6.10. The number of nitrogens with two attached hydrogens (primary N) is 1. The second-order valence-electron chi connectivity index (χ2n) is 4.51. The van der Waals surface area contributed by atoms with Crippen molar-refractivity contribution in [1.82, 2.24) is 4.98 Å². The third kappa shape index (κ3) is 5.22. The van der Waals surface area contributed by atoms with Crippen LogP contribution in [0.2, 0.25) is 0 Å². The van der Waals surface area contributed by atoms with Crippen molar-refractivity contribution in [3.8, 4) is 5.88 Å². The lowest BCUT2D eigenvalue weighted by atomic mass is 10.2. The van der Waals surface area contributed by atoms with E-state index in [2.05, 4.69) is 22.7 Å². The van der Waals surface area contributed by atoms with Crippen molar-refractivity contribution < 1.29 is 13.5 Å². The molecule has 4 nitrogen and oxygen atoms in total. The molecule has 0 spiro atoms. The molecule has 0 aromatic carbocycles. The van der Waals surface area contributed by atoms with E-state index in [-0.39, 0.29) is 5.88 Å².